The summed E-state index contributed by atoms with van der Waals surface area (Å²) in [5, 5.41) is 7.63. The molecule has 2 N–H and O–H groups in total. The van der Waals surface area contributed by atoms with Crippen LogP contribution in [0, 0.1) is 5.41 Å². The lowest BCUT2D eigenvalue weighted by Crippen LogP contribution is -2.40. The maximum atomic E-state index is 5.20. The molecule has 1 heterocycles. The van der Waals surface area contributed by atoms with Crippen molar-refractivity contribution < 1.29 is 4.74 Å². The largest absolute Gasteiger partial charge is 0.385 e. The third-order valence-corrected chi connectivity index (χ3v) is 5.63. The van der Waals surface area contributed by atoms with Gasteiger partial charge in [-0.25, -0.2) is 0 Å². The molecule has 0 bridgehead atoms. The molecule has 21 heavy (non-hydrogen) atoms. The van der Waals surface area contributed by atoms with Gasteiger partial charge in [-0.2, -0.15) is 11.8 Å². The highest BCUT2D eigenvalue weighted by molar-refractivity contribution is 14.0. The Morgan fingerprint density at radius 1 is 1.38 bits per heavy atom. The molecule has 1 saturated heterocycles. The first-order valence-corrected chi connectivity index (χ1v) is 8.95. The molecule has 1 saturated carbocycles. The second-order valence-electron chi connectivity index (χ2n) is 5.95. The molecule has 0 radical (unpaired) electrons. The Balaban J connectivity index is 0.00000220. The van der Waals surface area contributed by atoms with E-state index in [1.165, 1.54) is 31.4 Å². The lowest BCUT2D eigenvalue weighted by molar-refractivity contribution is 0.174. The van der Waals surface area contributed by atoms with Crippen molar-refractivity contribution in [3.63, 3.8) is 0 Å². The first-order chi connectivity index (χ1) is 9.78. The van der Waals surface area contributed by atoms with Crippen LogP contribution in [0.15, 0.2) is 4.99 Å². The van der Waals surface area contributed by atoms with Crippen molar-refractivity contribution >= 4 is 41.7 Å². The monoisotopic (exact) mass is 427 g/mol. The van der Waals surface area contributed by atoms with Crippen molar-refractivity contribution in [2.24, 2.45) is 10.4 Å². The molecule has 2 aliphatic rings. The van der Waals surface area contributed by atoms with E-state index < -0.39 is 0 Å². The summed E-state index contributed by atoms with van der Waals surface area (Å²) >= 11 is 2.09. The van der Waals surface area contributed by atoms with Gasteiger partial charge in [0.2, 0.25) is 0 Å². The zero-order valence-electron chi connectivity index (χ0n) is 13.3. The van der Waals surface area contributed by atoms with Crippen molar-refractivity contribution in [2.75, 3.05) is 39.1 Å². The predicted octanol–water partition coefficient (Wildman–Crippen LogP) is 2.87. The van der Waals surface area contributed by atoms with E-state index in [0.717, 1.165) is 43.9 Å². The van der Waals surface area contributed by atoms with Gasteiger partial charge in [0.05, 0.1) is 0 Å². The minimum absolute atomic E-state index is 0. The summed E-state index contributed by atoms with van der Waals surface area (Å²) in [6, 6.07) is 0. The SMILES string of the molecule is CCNC(=NCC1(CCOC)CC1)NCC1CCCS1.I. The first-order valence-electron chi connectivity index (χ1n) is 7.91. The fourth-order valence-electron chi connectivity index (χ4n) is 2.59. The molecule has 1 aliphatic carbocycles. The number of nitrogens with one attached hydrogen (secondary N) is 2. The number of halogens is 1. The normalized spacial score (nSPS) is 23.5. The van der Waals surface area contributed by atoms with E-state index in [4.69, 9.17) is 9.73 Å². The molecule has 0 spiro atoms. The molecule has 0 aromatic rings. The standard InChI is InChI=1S/C15H29N3OS.HI/c1-3-16-14(17-11-13-5-4-10-20-13)18-12-15(6-7-15)8-9-19-2;/h13H,3-12H2,1-2H3,(H2,16,17,18);1H. The van der Waals surface area contributed by atoms with Crippen molar-refractivity contribution in [3.05, 3.63) is 0 Å². The number of nitrogens with zero attached hydrogens (tertiary/aromatic N) is 1. The van der Waals surface area contributed by atoms with E-state index >= 15 is 0 Å². The van der Waals surface area contributed by atoms with E-state index in [1.807, 2.05) is 0 Å². The Hall–Kier alpha value is 0.310. The van der Waals surface area contributed by atoms with Crippen LogP contribution >= 0.6 is 35.7 Å². The van der Waals surface area contributed by atoms with Crippen LogP contribution in [0.5, 0.6) is 0 Å². The molecular weight excluding hydrogens is 397 g/mol. The highest BCUT2D eigenvalue weighted by atomic mass is 127. The molecule has 0 aromatic carbocycles. The molecule has 6 heteroatoms. The number of thioether (sulfide) groups is 1. The van der Waals surface area contributed by atoms with Gasteiger partial charge in [0.1, 0.15) is 0 Å². The number of guanidine groups is 1. The summed E-state index contributed by atoms with van der Waals surface area (Å²) in [4.78, 5) is 4.79. The summed E-state index contributed by atoms with van der Waals surface area (Å²) in [7, 11) is 1.78. The fraction of sp³-hybridized carbons (Fsp3) is 0.933. The highest BCUT2D eigenvalue weighted by Crippen LogP contribution is 2.48. The molecular formula is C15H30IN3OS. The summed E-state index contributed by atoms with van der Waals surface area (Å²) < 4.78 is 5.20. The van der Waals surface area contributed by atoms with Gasteiger partial charge in [0, 0.05) is 38.6 Å². The second-order valence-corrected chi connectivity index (χ2v) is 7.36. The van der Waals surface area contributed by atoms with Crippen LogP contribution in [0.3, 0.4) is 0 Å². The third-order valence-electron chi connectivity index (χ3n) is 4.23. The van der Waals surface area contributed by atoms with Gasteiger partial charge in [-0.05, 0) is 50.2 Å². The van der Waals surface area contributed by atoms with Crippen LogP contribution in [0.4, 0.5) is 0 Å². The second kappa shape index (κ2) is 10.2. The number of ether oxygens (including phenoxy) is 1. The average Bonchev–Trinajstić information content (AvgIpc) is 3.03. The van der Waals surface area contributed by atoms with Crippen LogP contribution in [0.25, 0.3) is 0 Å². The van der Waals surface area contributed by atoms with E-state index in [-0.39, 0.29) is 24.0 Å². The Kier molecular flexibility index (Phi) is 9.36. The van der Waals surface area contributed by atoms with Crippen molar-refractivity contribution in [1.82, 2.24) is 10.6 Å². The molecule has 1 aliphatic heterocycles. The number of methoxy groups -OCH3 is 1. The van der Waals surface area contributed by atoms with Crippen LogP contribution in [0.1, 0.15) is 39.0 Å². The number of hydrogen-bond acceptors (Lipinski definition) is 3. The number of hydrogen-bond donors (Lipinski definition) is 2. The first kappa shape index (κ1) is 19.4. The maximum Gasteiger partial charge on any atom is 0.191 e. The fourth-order valence-corrected chi connectivity index (χ4v) is 3.79. The lowest BCUT2D eigenvalue weighted by Gasteiger charge is -2.16. The van der Waals surface area contributed by atoms with Crippen LogP contribution in [-0.4, -0.2) is 50.3 Å². The van der Waals surface area contributed by atoms with Crippen molar-refractivity contribution in [3.8, 4) is 0 Å². The van der Waals surface area contributed by atoms with Gasteiger partial charge >= 0.3 is 0 Å². The highest BCUT2D eigenvalue weighted by Gasteiger charge is 2.41. The minimum atomic E-state index is 0. The van der Waals surface area contributed by atoms with Gasteiger partial charge in [0.15, 0.2) is 5.96 Å². The van der Waals surface area contributed by atoms with Crippen LogP contribution < -0.4 is 10.6 Å². The maximum absolute atomic E-state index is 5.20. The van der Waals surface area contributed by atoms with Crippen LogP contribution in [0.2, 0.25) is 0 Å². The summed E-state index contributed by atoms with van der Waals surface area (Å²) in [5.41, 5.74) is 0.431. The van der Waals surface area contributed by atoms with Gasteiger partial charge < -0.3 is 15.4 Å². The van der Waals surface area contributed by atoms with Gasteiger partial charge in [-0.1, -0.05) is 0 Å². The third kappa shape index (κ3) is 6.95. The summed E-state index contributed by atoms with van der Waals surface area (Å²) in [6.45, 7) is 5.89. The zero-order valence-corrected chi connectivity index (χ0v) is 16.5. The predicted molar refractivity (Wildman–Crippen MR) is 103 cm³/mol. The molecule has 2 fully saturated rings. The zero-order chi connectivity index (χ0) is 14.3. The Bertz CT molecular complexity index is 318. The van der Waals surface area contributed by atoms with Crippen molar-refractivity contribution in [2.45, 2.75) is 44.3 Å². The van der Waals surface area contributed by atoms with E-state index in [1.54, 1.807) is 7.11 Å². The molecule has 1 unspecified atom stereocenters. The van der Waals surface area contributed by atoms with Gasteiger partial charge in [-0.15, -0.1) is 24.0 Å². The van der Waals surface area contributed by atoms with E-state index in [2.05, 4.69) is 29.3 Å². The molecule has 2 rings (SSSR count). The molecule has 1 atom stereocenters. The minimum Gasteiger partial charge on any atom is -0.385 e. The molecule has 4 nitrogen and oxygen atoms in total. The topological polar surface area (TPSA) is 45.7 Å². The van der Waals surface area contributed by atoms with Crippen LogP contribution in [-0.2, 0) is 4.74 Å². The van der Waals surface area contributed by atoms with Crippen molar-refractivity contribution in [1.29, 1.82) is 0 Å². The average molecular weight is 427 g/mol. The van der Waals surface area contributed by atoms with Gasteiger partial charge in [0.25, 0.3) is 0 Å². The Morgan fingerprint density at radius 3 is 2.76 bits per heavy atom. The van der Waals surface area contributed by atoms with Gasteiger partial charge in [-0.3, -0.25) is 4.99 Å². The number of aliphatic imine (C=N–C) groups is 1. The number of rotatable bonds is 8. The lowest BCUT2D eigenvalue weighted by atomic mass is 10.0. The Labute approximate surface area is 150 Å². The molecule has 0 amide bonds. The quantitative estimate of drug-likeness (QED) is 0.355. The Morgan fingerprint density at radius 2 is 2.19 bits per heavy atom. The van der Waals surface area contributed by atoms with E-state index in [0.29, 0.717) is 5.41 Å². The molecule has 124 valence electrons. The summed E-state index contributed by atoms with van der Waals surface area (Å²) in [6.07, 6.45) is 6.46. The summed E-state index contributed by atoms with van der Waals surface area (Å²) in [5.74, 6) is 2.31. The smallest absolute Gasteiger partial charge is 0.191 e. The van der Waals surface area contributed by atoms with E-state index in [9.17, 15) is 0 Å². The molecule has 0 aromatic heterocycles.